The number of methoxy groups -OCH3 is 1. The van der Waals surface area contributed by atoms with Gasteiger partial charge in [-0.15, -0.1) is 11.8 Å². The number of pyridine rings is 1. The van der Waals surface area contributed by atoms with Gasteiger partial charge in [-0.25, -0.2) is 0 Å². The molecule has 17 heavy (non-hydrogen) atoms. The quantitative estimate of drug-likeness (QED) is 0.746. The zero-order chi connectivity index (χ0) is 12.3. The van der Waals surface area contributed by atoms with Crippen LogP contribution in [0.15, 0.2) is 24.5 Å². The highest BCUT2D eigenvalue weighted by Crippen LogP contribution is 2.37. The molecule has 0 N–H and O–H groups in total. The molecule has 1 fully saturated rings. The molecule has 1 unspecified atom stereocenters. The normalized spacial score (nSPS) is 19.5. The first-order valence-corrected chi connectivity index (χ1v) is 6.15. The van der Waals surface area contributed by atoms with Crippen molar-refractivity contribution in [2.45, 2.75) is 5.37 Å². The standard InChI is InChI=1S/C11H12N2O3S/c1-16-10(15)6-13-9(14)7-17-11(13)8-3-2-4-12-5-8/h2-5,11H,6-7H2,1H3. The Morgan fingerprint density at radius 2 is 2.53 bits per heavy atom. The van der Waals surface area contributed by atoms with Crippen LogP contribution in [0.25, 0.3) is 0 Å². The van der Waals surface area contributed by atoms with Gasteiger partial charge in [-0.05, 0) is 6.07 Å². The average Bonchev–Trinajstić information content (AvgIpc) is 2.72. The van der Waals surface area contributed by atoms with Crippen molar-refractivity contribution >= 4 is 23.6 Å². The lowest BCUT2D eigenvalue weighted by molar-refractivity contribution is -0.146. The first-order chi connectivity index (χ1) is 8.22. The van der Waals surface area contributed by atoms with Crippen molar-refractivity contribution in [2.24, 2.45) is 0 Å². The van der Waals surface area contributed by atoms with Gasteiger partial charge in [0.05, 0.1) is 12.9 Å². The molecule has 1 aliphatic rings. The molecule has 90 valence electrons. The van der Waals surface area contributed by atoms with Crippen molar-refractivity contribution in [1.29, 1.82) is 0 Å². The maximum absolute atomic E-state index is 11.7. The lowest BCUT2D eigenvalue weighted by atomic mass is 10.2. The Morgan fingerprint density at radius 1 is 1.71 bits per heavy atom. The molecule has 6 heteroatoms. The minimum Gasteiger partial charge on any atom is -0.468 e. The first-order valence-electron chi connectivity index (χ1n) is 5.10. The highest BCUT2D eigenvalue weighted by molar-refractivity contribution is 8.00. The van der Waals surface area contributed by atoms with Gasteiger partial charge in [0, 0.05) is 18.0 Å². The summed E-state index contributed by atoms with van der Waals surface area (Å²) < 4.78 is 4.59. The summed E-state index contributed by atoms with van der Waals surface area (Å²) in [6, 6.07) is 3.71. The van der Waals surface area contributed by atoms with Crippen molar-refractivity contribution < 1.29 is 14.3 Å². The van der Waals surface area contributed by atoms with Crippen molar-refractivity contribution in [1.82, 2.24) is 9.88 Å². The van der Waals surface area contributed by atoms with E-state index in [1.807, 2.05) is 12.1 Å². The SMILES string of the molecule is COC(=O)CN1C(=O)CSC1c1cccnc1. The maximum atomic E-state index is 11.7. The number of amides is 1. The van der Waals surface area contributed by atoms with E-state index in [1.54, 1.807) is 12.4 Å². The van der Waals surface area contributed by atoms with Crippen molar-refractivity contribution in [3.05, 3.63) is 30.1 Å². The Labute approximate surface area is 103 Å². The summed E-state index contributed by atoms with van der Waals surface area (Å²) in [5.74, 6) is -0.0692. The third kappa shape index (κ3) is 2.58. The molecule has 0 aromatic carbocycles. The second kappa shape index (κ2) is 5.18. The molecule has 1 aromatic rings. The lowest BCUT2D eigenvalue weighted by Crippen LogP contribution is -2.34. The predicted octanol–water partition coefficient (Wildman–Crippen LogP) is 0.829. The first kappa shape index (κ1) is 11.9. The summed E-state index contributed by atoms with van der Waals surface area (Å²) in [5, 5.41) is -0.143. The molecule has 0 bridgehead atoms. The highest BCUT2D eigenvalue weighted by atomic mass is 32.2. The maximum Gasteiger partial charge on any atom is 0.325 e. The third-order valence-corrected chi connectivity index (χ3v) is 3.72. The van der Waals surface area contributed by atoms with Gasteiger partial charge in [0.1, 0.15) is 11.9 Å². The summed E-state index contributed by atoms with van der Waals surface area (Å²) in [6.07, 6.45) is 3.39. The zero-order valence-electron chi connectivity index (χ0n) is 9.33. The van der Waals surface area contributed by atoms with E-state index < -0.39 is 5.97 Å². The summed E-state index contributed by atoms with van der Waals surface area (Å²) in [7, 11) is 1.31. The fourth-order valence-electron chi connectivity index (χ4n) is 1.63. The number of nitrogens with zero attached hydrogens (tertiary/aromatic N) is 2. The molecule has 2 rings (SSSR count). The van der Waals surface area contributed by atoms with Crippen LogP contribution in [0.3, 0.4) is 0 Å². The summed E-state index contributed by atoms with van der Waals surface area (Å²) in [5.41, 5.74) is 0.923. The number of ether oxygens (including phenoxy) is 1. The molecular formula is C11H12N2O3S. The minimum absolute atomic E-state index is 0.0120. The van der Waals surface area contributed by atoms with Gasteiger partial charge in [0.15, 0.2) is 0 Å². The van der Waals surface area contributed by atoms with Crippen LogP contribution in [-0.4, -0.2) is 41.2 Å². The number of hydrogen-bond donors (Lipinski definition) is 0. The van der Waals surface area contributed by atoms with Crippen LogP contribution >= 0.6 is 11.8 Å². The van der Waals surface area contributed by atoms with E-state index in [0.717, 1.165) is 5.56 Å². The van der Waals surface area contributed by atoms with Crippen LogP contribution in [0, 0.1) is 0 Å². The number of carbonyl (C=O) groups is 2. The van der Waals surface area contributed by atoms with Crippen LogP contribution in [0.5, 0.6) is 0 Å². The van der Waals surface area contributed by atoms with E-state index in [2.05, 4.69) is 9.72 Å². The molecule has 1 aliphatic heterocycles. The number of carbonyl (C=O) groups excluding carboxylic acids is 2. The third-order valence-electron chi connectivity index (χ3n) is 2.46. The number of rotatable bonds is 3. The number of esters is 1. The average molecular weight is 252 g/mol. The molecule has 1 aromatic heterocycles. The Morgan fingerprint density at radius 3 is 3.18 bits per heavy atom. The zero-order valence-corrected chi connectivity index (χ0v) is 10.1. The van der Waals surface area contributed by atoms with Gasteiger partial charge < -0.3 is 9.64 Å². The monoisotopic (exact) mass is 252 g/mol. The molecule has 0 radical (unpaired) electrons. The fraction of sp³-hybridized carbons (Fsp3) is 0.364. The van der Waals surface area contributed by atoms with E-state index in [1.165, 1.54) is 23.8 Å². The van der Waals surface area contributed by atoms with Gasteiger partial charge >= 0.3 is 5.97 Å². The Bertz CT molecular complexity index is 424. The molecule has 1 saturated heterocycles. The second-order valence-electron chi connectivity index (χ2n) is 3.55. The number of hydrogen-bond acceptors (Lipinski definition) is 5. The van der Waals surface area contributed by atoms with Gasteiger partial charge in [0.2, 0.25) is 5.91 Å². The molecular weight excluding hydrogens is 240 g/mol. The topological polar surface area (TPSA) is 59.5 Å². The fourth-order valence-corrected chi connectivity index (χ4v) is 2.80. The smallest absolute Gasteiger partial charge is 0.325 e. The van der Waals surface area contributed by atoms with Crippen molar-refractivity contribution in [2.75, 3.05) is 19.4 Å². The Kier molecular flexibility index (Phi) is 3.63. The molecule has 5 nitrogen and oxygen atoms in total. The van der Waals surface area contributed by atoms with Crippen LogP contribution < -0.4 is 0 Å². The van der Waals surface area contributed by atoms with Crippen LogP contribution in [0.4, 0.5) is 0 Å². The highest BCUT2D eigenvalue weighted by Gasteiger charge is 2.34. The number of aromatic nitrogens is 1. The summed E-state index contributed by atoms with van der Waals surface area (Å²) >= 11 is 1.49. The predicted molar refractivity (Wildman–Crippen MR) is 63.2 cm³/mol. The van der Waals surface area contributed by atoms with Crippen LogP contribution in [0.2, 0.25) is 0 Å². The lowest BCUT2D eigenvalue weighted by Gasteiger charge is -2.22. The van der Waals surface area contributed by atoms with Gasteiger partial charge in [-0.1, -0.05) is 6.07 Å². The van der Waals surface area contributed by atoms with Gasteiger partial charge in [-0.3, -0.25) is 14.6 Å². The molecule has 1 amide bonds. The minimum atomic E-state index is -0.408. The van der Waals surface area contributed by atoms with Crippen molar-refractivity contribution in [3.8, 4) is 0 Å². The van der Waals surface area contributed by atoms with E-state index in [9.17, 15) is 9.59 Å². The van der Waals surface area contributed by atoms with E-state index in [4.69, 9.17) is 0 Å². The summed E-state index contributed by atoms with van der Waals surface area (Å²) in [6.45, 7) is -0.0120. The summed E-state index contributed by atoms with van der Waals surface area (Å²) in [4.78, 5) is 28.5. The van der Waals surface area contributed by atoms with E-state index in [-0.39, 0.29) is 17.8 Å². The number of thioether (sulfide) groups is 1. The molecule has 0 saturated carbocycles. The van der Waals surface area contributed by atoms with Crippen LogP contribution in [-0.2, 0) is 14.3 Å². The van der Waals surface area contributed by atoms with E-state index in [0.29, 0.717) is 5.75 Å². The van der Waals surface area contributed by atoms with E-state index >= 15 is 0 Å². The van der Waals surface area contributed by atoms with Crippen LogP contribution in [0.1, 0.15) is 10.9 Å². The van der Waals surface area contributed by atoms with Gasteiger partial charge in [-0.2, -0.15) is 0 Å². The molecule has 1 atom stereocenters. The second-order valence-corrected chi connectivity index (χ2v) is 4.62. The van der Waals surface area contributed by atoms with Gasteiger partial charge in [0.25, 0.3) is 0 Å². The largest absolute Gasteiger partial charge is 0.468 e. The molecule has 0 spiro atoms. The van der Waals surface area contributed by atoms with Crippen molar-refractivity contribution in [3.63, 3.8) is 0 Å². The molecule has 2 heterocycles. The Hall–Kier alpha value is -1.56. The molecule has 0 aliphatic carbocycles. The Balaban J connectivity index is 2.16.